The van der Waals surface area contributed by atoms with Crippen molar-refractivity contribution >= 4 is 11.9 Å². The van der Waals surface area contributed by atoms with Crippen LogP contribution in [0.4, 0.5) is 0 Å². The normalized spacial score (nSPS) is 12.6. The van der Waals surface area contributed by atoms with Crippen LogP contribution in [0.3, 0.4) is 0 Å². The molecule has 0 aliphatic heterocycles. The van der Waals surface area contributed by atoms with E-state index in [0.29, 0.717) is 25.9 Å². The summed E-state index contributed by atoms with van der Waals surface area (Å²) in [4.78, 5) is 24.5. The van der Waals surface area contributed by atoms with Crippen LogP contribution in [0.2, 0.25) is 0 Å². The van der Waals surface area contributed by atoms with Crippen molar-refractivity contribution < 1.29 is 24.5 Å². The zero-order chi connectivity index (χ0) is 45.8. The molecule has 6 heteroatoms. The predicted molar refractivity (Wildman–Crippen MR) is 273 cm³/mol. The van der Waals surface area contributed by atoms with Crippen LogP contribution in [-0.2, 0) is 14.3 Å². The Hall–Kier alpha value is -1.40. The van der Waals surface area contributed by atoms with Crippen LogP contribution >= 0.6 is 0 Å². The molecule has 0 bridgehead atoms. The highest BCUT2D eigenvalue weighted by Crippen LogP contribution is 2.17. The van der Waals surface area contributed by atoms with Gasteiger partial charge in [-0.15, -0.1) is 0 Å². The molecular formula is C57H111NO5. The second-order valence-corrected chi connectivity index (χ2v) is 19.6. The van der Waals surface area contributed by atoms with E-state index in [2.05, 4.69) is 31.3 Å². The highest BCUT2D eigenvalue weighted by atomic mass is 16.5. The summed E-state index contributed by atoms with van der Waals surface area (Å²) in [7, 11) is 0. The maximum atomic E-state index is 12.5. The van der Waals surface area contributed by atoms with Crippen molar-refractivity contribution in [2.75, 3.05) is 13.2 Å². The minimum absolute atomic E-state index is 0.00153. The van der Waals surface area contributed by atoms with Gasteiger partial charge >= 0.3 is 5.97 Å². The first-order valence-electron chi connectivity index (χ1n) is 28.4. The van der Waals surface area contributed by atoms with Crippen molar-refractivity contribution in [2.24, 2.45) is 0 Å². The predicted octanol–water partition coefficient (Wildman–Crippen LogP) is 17.3. The Morgan fingerprint density at radius 1 is 0.429 bits per heavy atom. The van der Waals surface area contributed by atoms with Gasteiger partial charge in [0.1, 0.15) is 0 Å². The fraction of sp³-hybridized carbons (Fsp3) is 0.930. The highest BCUT2D eigenvalue weighted by Gasteiger charge is 2.20. The Bertz CT molecular complexity index is 939. The van der Waals surface area contributed by atoms with E-state index in [1.165, 1.54) is 238 Å². The number of ether oxygens (including phenoxy) is 1. The topological polar surface area (TPSA) is 95.9 Å². The molecule has 0 fully saturated rings. The zero-order valence-corrected chi connectivity index (χ0v) is 42.6. The van der Waals surface area contributed by atoms with Crippen molar-refractivity contribution in [3.8, 4) is 0 Å². The van der Waals surface area contributed by atoms with Gasteiger partial charge in [-0.05, 0) is 51.4 Å². The number of allylic oxidation sites excluding steroid dienone is 2. The number of aliphatic hydroxyl groups is 2. The molecule has 0 rings (SSSR count). The summed E-state index contributed by atoms with van der Waals surface area (Å²) >= 11 is 0. The third-order valence-electron chi connectivity index (χ3n) is 13.3. The lowest BCUT2D eigenvalue weighted by Gasteiger charge is -2.22. The largest absolute Gasteiger partial charge is 0.466 e. The first kappa shape index (κ1) is 61.6. The lowest BCUT2D eigenvalue weighted by atomic mass is 10.0. The molecule has 1 amide bonds. The standard InChI is InChI=1S/C57H111NO5/c1-3-5-7-9-11-13-15-17-18-23-27-31-35-39-43-47-51-57(62)63-52-48-44-40-36-32-28-24-21-19-20-22-26-30-34-38-42-46-50-56(61)58-54(53-59)55(60)49-45-41-37-33-29-25-16-14-12-10-8-6-4-2/h18,23,54-55,59-60H,3-17,19-22,24-53H2,1-2H3,(H,58,61)/b23-18-. The quantitative estimate of drug-likeness (QED) is 0.0321. The van der Waals surface area contributed by atoms with Gasteiger partial charge in [0, 0.05) is 12.8 Å². The molecule has 0 spiro atoms. The van der Waals surface area contributed by atoms with Gasteiger partial charge in [0.2, 0.25) is 5.91 Å². The van der Waals surface area contributed by atoms with Gasteiger partial charge in [-0.3, -0.25) is 9.59 Å². The van der Waals surface area contributed by atoms with Crippen molar-refractivity contribution in [3.63, 3.8) is 0 Å². The van der Waals surface area contributed by atoms with Crippen LogP contribution in [0, 0.1) is 0 Å². The Morgan fingerprint density at radius 3 is 1.13 bits per heavy atom. The number of esters is 1. The lowest BCUT2D eigenvalue weighted by Crippen LogP contribution is -2.45. The van der Waals surface area contributed by atoms with E-state index in [1.54, 1.807) is 0 Å². The Labute approximate surface area is 393 Å². The number of hydrogen-bond acceptors (Lipinski definition) is 5. The number of carbonyl (C=O) groups excluding carboxylic acids is 2. The monoisotopic (exact) mass is 890 g/mol. The van der Waals surface area contributed by atoms with Gasteiger partial charge in [0.15, 0.2) is 0 Å². The van der Waals surface area contributed by atoms with E-state index in [1.807, 2.05) is 0 Å². The molecule has 0 aliphatic rings. The van der Waals surface area contributed by atoms with Crippen LogP contribution < -0.4 is 5.32 Å². The molecule has 2 unspecified atom stereocenters. The number of unbranched alkanes of at least 4 members (excludes halogenated alkanes) is 40. The summed E-state index contributed by atoms with van der Waals surface area (Å²) in [5.74, 6) is -0.0409. The molecule has 374 valence electrons. The molecule has 0 aromatic rings. The van der Waals surface area contributed by atoms with Gasteiger partial charge in [0.05, 0.1) is 25.4 Å². The van der Waals surface area contributed by atoms with Crippen molar-refractivity contribution in [3.05, 3.63) is 12.2 Å². The minimum atomic E-state index is -0.666. The molecule has 0 aromatic carbocycles. The van der Waals surface area contributed by atoms with Gasteiger partial charge < -0.3 is 20.3 Å². The van der Waals surface area contributed by atoms with Crippen molar-refractivity contribution in [1.82, 2.24) is 5.32 Å². The molecule has 0 radical (unpaired) electrons. The van der Waals surface area contributed by atoms with Crippen molar-refractivity contribution in [2.45, 2.75) is 328 Å². The number of nitrogens with one attached hydrogen (secondary N) is 1. The van der Waals surface area contributed by atoms with Crippen LogP contribution in [0.25, 0.3) is 0 Å². The SMILES string of the molecule is CCCCCCCCC/C=C\CCCCCCCC(=O)OCCCCCCCCCCCCCCCCCCCC(=O)NC(CO)C(O)CCCCCCCCCCCCCCC. The molecule has 0 aromatic heterocycles. The molecule has 0 heterocycles. The minimum Gasteiger partial charge on any atom is -0.466 e. The molecular weight excluding hydrogens is 779 g/mol. The van der Waals surface area contributed by atoms with Crippen molar-refractivity contribution in [1.29, 1.82) is 0 Å². The average molecular weight is 891 g/mol. The van der Waals surface area contributed by atoms with E-state index in [9.17, 15) is 19.8 Å². The molecule has 0 saturated carbocycles. The summed E-state index contributed by atoms with van der Waals surface area (Å²) in [5.41, 5.74) is 0. The lowest BCUT2D eigenvalue weighted by molar-refractivity contribution is -0.143. The fourth-order valence-corrected chi connectivity index (χ4v) is 8.93. The zero-order valence-electron chi connectivity index (χ0n) is 42.6. The Morgan fingerprint density at radius 2 is 0.746 bits per heavy atom. The van der Waals surface area contributed by atoms with Gasteiger partial charge in [0.25, 0.3) is 0 Å². The summed E-state index contributed by atoms with van der Waals surface area (Å²) in [6, 6.07) is -0.544. The summed E-state index contributed by atoms with van der Waals surface area (Å²) < 4.78 is 5.48. The highest BCUT2D eigenvalue weighted by molar-refractivity contribution is 5.76. The fourth-order valence-electron chi connectivity index (χ4n) is 8.93. The van der Waals surface area contributed by atoms with Crippen LogP contribution in [0.5, 0.6) is 0 Å². The van der Waals surface area contributed by atoms with Gasteiger partial charge in [-0.2, -0.15) is 0 Å². The van der Waals surface area contributed by atoms with E-state index in [-0.39, 0.29) is 18.5 Å². The molecule has 6 nitrogen and oxygen atoms in total. The maximum Gasteiger partial charge on any atom is 0.305 e. The number of hydrogen-bond donors (Lipinski definition) is 3. The summed E-state index contributed by atoms with van der Waals surface area (Å²) in [6.07, 6.45) is 61.9. The third-order valence-corrected chi connectivity index (χ3v) is 13.3. The van der Waals surface area contributed by atoms with Crippen LogP contribution in [0.1, 0.15) is 316 Å². The first-order chi connectivity index (χ1) is 31.0. The van der Waals surface area contributed by atoms with E-state index in [4.69, 9.17) is 4.74 Å². The number of carbonyl (C=O) groups is 2. The first-order valence-corrected chi connectivity index (χ1v) is 28.4. The smallest absolute Gasteiger partial charge is 0.305 e. The third kappa shape index (κ3) is 49.9. The molecule has 2 atom stereocenters. The number of amides is 1. The molecule has 0 aliphatic carbocycles. The molecule has 3 N–H and O–H groups in total. The number of rotatable bonds is 53. The number of aliphatic hydroxyl groups excluding tert-OH is 2. The maximum absolute atomic E-state index is 12.5. The summed E-state index contributed by atoms with van der Waals surface area (Å²) in [6.45, 7) is 4.95. The van der Waals surface area contributed by atoms with E-state index < -0.39 is 12.1 Å². The van der Waals surface area contributed by atoms with Gasteiger partial charge in [-0.25, -0.2) is 0 Å². The molecule has 0 saturated heterocycles. The molecule has 63 heavy (non-hydrogen) atoms. The second-order valence-electron chi connectivity index (χ2n) is 19.6. The Kier molecular flexibility index (Phi) is 52.0. The average Bonchev–Trinajstić information content (AvgIpc) is 3.28. The van der Waals surface area contributed by atoms with Crippen LogP contribution in [-0.4, -0.2) is 47.4 Å². The summed E-state index contributed by atoms with van der Waals surface area (Å²) in [5, 5.41) is 23.2. The Balaban J connectivity index is 3.40. The van der Waals surface area contributed by atoms with Gasteiger partial charge in [-0.1, -0.05) is 264 Å². The second kappa shape index (κ2) is 53.2. The van der Waals surface area contributed by atoms with Crippen LogP contribution in [0.15, 0.2) is 12.2 Å². The van der Waals surface area contributed by atoms with E-state index >= 15 is 0 Å². The van der Waals surface area contributed by atoms with E-state index in [0.717, 1.165) is 44.9 Å².